The summed E-state index contributed by atoms with van der Waals surface area (Å²) in [4.78, 5) is 4.33. The molecule has 3 heteroatoms. The number of nitrogens with zero attached hydrogens (tertiary/aromatic N) is 1. The van der Waals surface area contributed by atoms with E-state index in [1.165, 1.54) is 5.56 Å². The van der Waals surface area contributed by atoms with Crippen LogP contribution < -0.4 is 10.1 Å². The number of rotatable bonds is 5. The summed E-state index contributed by atoms with van der Waals surface area (Å²) in [6, 6.07) is 22.2. The van der Waals surface area contributed by atoms with E-state index in [4.69, 9.17) is 4.74 Å². The van der Waals surface area contributed by atoms with Gasteiger partial charge in [-0.15, -0.1) is 0 Å². The molecule has 0 bridgehead atoms. The van der Waals surface area contributed by atoms with Gasteiger partial charge in [-0.1, -0.05) is 42.5 Å². The van der Waals surface area contributed by atoms with Gasteiger partial charge in [-0.2, -0.15) is 0 Å². The molecule has 0 saturated heterocycles. The van der Waals surface area contributed by atoms with E-state index in [2.05, 4.69) is 29.4 Å². The van der Waals surface area contributed by atoms with Gasteiger partial charge in [0.1, 0.15) is 12.3 Å². The Labute approximate surface area is 130 Å². The van der Waals surface area contributed by atoms with Crippen LogP contribution in [0.1, 0.15) is 11.1 Å². The van der Waals surface area contributed by atoms with Gasteiger partial charge in [0.15, 0.2) is 0 Å². The van der Waals surface area contributed by atoms with Crippen LogP contribution in [0.5, 0.6) is 5.88 Å². The maximum Gasteiger partial charge on any atom is 0.238 e. The molecule has 1 heterocycles. The fraction of sp³-hybridized carbons (Fsp3) is 0.105. The second-order valence-corrected chi connectivity index (χ2v) is 5.12. The summed E-state index contributed by atoms with van der Waals surface area (Å²) in [5.41, 5.74) is 4.22. The highest BCUT2D eigenvalue weighted by molar-refractivity contribution is 5.64. The van der Waals surface area contributed by atoms with Crippen molar-refractivity contribution < 1.29 is 4.74 Å². The summed E-state index contributed by atoms with van der Waals surface area (Å²) in [7, 11) is 0. The molecule has 0 aliphatic heterocycles. The predicted octanol–water partition coefficient (Wildman–Crippen LogP) is 4.71. The van der Waals surface area contributed by atoms with Gasteiger partial charge in [0.05, 0.1) is 0 Å². The molecule has 0 saturated carbocycles. The van der Waals surface area contributed by atoms with Crippen molar-refractivity contribution in [2.45, 2.75) is 13.5 Å². The Morgan fingerprint density at radius 3 is 2.64 bits per heavy atom. The molecule has 0 spiro atoms. The Hall–Kier alpha value is -2.81. The molecule has 0 aliphatic rings. The second kappa shape index (κ2) is 6.76. The summed E-state index contributed by atoms with van der Waals surface area (Å²) in [5, 5.41) is 3.36. The molecule has 1 aromatic heterocycles. The van der Waals surface area contributed by atoms with Gasteiger partial charge >= 0.3 is 0 Å². The molecule has 1 N–H and O–H groups in total. The molecule has 0 aliphatic carbocycles. The first-order valence-electron chi connectivity index (χ1n) is 7.27. The quantitative estimate of drug-likeness (QED) is 0.738. The van der Waals surface area contributed by atoms with Crippen LogP contribution in [-0.2, 0) is 6.61 Å². The molecule has 3 rings (SSSR count). The molecule has 3 nitrogen and oxygen atoms in total. The van der Waals surface area contributed by atoms with Gasteiger partial charge < -0.3 is 10.1 Å². The van der Waals surface area contributed by atoms with E-state index in [0.717, 1.165) is 16.9 Å². The molecule has 0 amide bonds. The fourth-order valence-electron chi connectivity index (χ4n) is 2.21. The van der Waals surface area contributed by atoms with Gasteiger partial charge in [-0.05, 0) is 42.3 Å². The zero-order chi connectivity index (χ0) is 15.2. The van der Waals surface area contributed by atoms with Crippen LogP contribution in [0.2, 0.25) is 0 Å². The number of anilines is 2. The van der Waals surface area contributed by atoms with Crippen molar-refractivity contribution >= 4 is 11.4 Å². The first kappa shape index (κ1) is 14.1. The van der Waals surface area contributed by atoms with Crippen molar-refractivity contribution in [3.63, 3.8) is 0 Å². The number of pyridine rings is 1. The Kier molecular flexibility index (Phi) is 4.35. The zero-order valence-electron chi connectivity index (χ0n) is 12.5. The Morgan fingerprint density at radius 1 is 0.955 bits per heavy atom. The third-order valence-corrected chi connectivity index (χ3v) is 3.29. The highest BCUT2D eigenvalue weighted by atomic mass is 16.5. The maximum atomic E-state index is 5.85. The molecule has 3 aromatic rings. The molecule has 110 valence electrons. The van der Waals surface area contributed by atoms with Crippen LogP contribution in [0.3, 0.4) is 0 Å². The number of ether oxygens (including phenoxy) is 1. The van der Waals surface area contributed by atoms with E-state index in [1.54, 1.807) is 6.20 Å². The van der Waals surface area contributed by atoms with Crippen LogP contribution in [0.25, 0.3) is 0 Å². The number of nitrogens with one attached hydrogen (secondary N) is 1. The Balaban J connectivity index is 1.75. The van der Waals surface area contributed by atoms with E-state index in [9.17, 15) is 0 Å². The first-order chi connectivity index (χ1) is 10.8. The highest BCUT2D eigenvalue weighted by Crippen LogP contribution is 2.26. The lowest BCUT2D eigenvalue weighted by Gasteiger charge is -2.12. The van der Waals surface area contributed by atoms with Gasteiger partial charge in [0.2, 0.25) is 5.88 Å². The Morgan fingerprint density at radius 2 is 1.82 bits per heavy atom. The normalized spacial score (nSPS) is 10.2. The summed E-state index contributed by atoms with van der Waals surface area (Å²) in [5.74, 6) is 0.604. The van der Waals surface area contributed by atoms with Crippen LogP contribution in [-0.4, -0.2) is 4.98 Å². The summed E-state index contributed by atoms with van der Waals surface area (Å²) < 4.78 is 5.85. The van der Waals surface area contributed by atoms with Crippen molar-refractivity contribution in [3.05, 3.63) is 84.1 Å². The summed E-state index contributed by atoms with van der Waals surface area (Å²) in [6.07, 6.45) is 1.74. The minimum absolute atomic E-state index is 0.500. The largest absolute Gasteiger partial charge is 0.471 e. The molecule has 0 atom stereocenters. The lowest BCUT2D eigenvalue weighted by Crippen LogP contribution is -2.01. The van der Waals surface area contributed by atoms with Crippen molar-refractivity contribution in [3.8, 4) is 5.88 Å². The number of hydrogen-bond acceptors (Lipinski definition) is 3. The average molecular weight is 290 g/mol. The standard InChI is InChI=1S/C19H18N2O/c1-15-7-5-10-17(13-15)21-18-11-6-12-20-19(18)22-14-16-8-3-2-4-9-16/h2-13,21H,14H2,1H3. The predicted molar refractivity (Wildman–Crippen MR) is 89.5 cm³/mol. The number of hydrogen-bond donors (Lipinski definition) is 1. The number of aromatic nitrogens is 1. The SMILES string of the molecule is Cc1cccc(Nc2cccnc2OCc2ccccc2)c1. The summed E-state index contributed by atoms with van der Waals surface area (Å²) >= 11 is 0. The molecule has 0 fully saturated rings. The Bertz CT molecular complexity index is 741. The van der Waals surface area contributed by atoms with Crippen molar-refractivity contribution in [1.29, 1.82) is 0 Å². The number of aryl methyl sites for hydroxylation is 1. The molecular formula is C19H18N2O. The average Bonchev–Trinajstić information content (AvgIpc) is 2.55. The van der Waals surface area contributed by atoms with E-state index in [1.807, 2.05) is 54.6 Å². The molecule has 0 radical (unpaired) electrons. The van der Waals surface area contributed by atoms with Gasteiger partial charge in [0.25, 0.3) is 0 Å². The molecule has 22 heavy (non-hydrogen) atoms. The van der Waals surface area contributed by atoms with Crippen LogP contribution in [0.4, 0.5) is 11.4 Å². The summed E-state index contributed by atoms with van der Waals surface area (Å²) in [6.45, 7) is 2.57. The van der Waals surface area contributed by atoms with Crippen LogP contribution in [0.15, 0.2) is 72.9 Å². The van der Waals surface area contributed by atoms with Gasteiger partial charge in [0, 0.05) is 11.9 Å². The van der Waals surface area contributed by atoms with Crippen molar-refractivity contribution in [2.24, 2.45) is 0 Å². The topological polar surface area (TPSA) is 34.2 Å². The monoisotopic (exact) mass is 290 g/mol. The minimum Gasteiger partial charge on any atom is -0.471 e. The molecule has 2 aromatic carbocycles. The van der Waals surface area contributed by atoms with Crippen molar-refractivity contribution in [1.82, 2.24) is 4.98 Å². The van der Waals surface area contributed by atoms with Crippen LogP contribution in [0, 0.1) is 6.92 Å². The third kappa shape index (κ3) is 3.64. The van der Waals surface area contributed by atoms with E-state index in [-0.39, 0.29) is 0 Å². The number of benzene rings is 2. The fourth-order valence-corrected chi connectivity index (χ4v) is 2.21. The van der Waals surface area contributed by atoms with Gasteiger partial charge in [-0.3, -0.25) is 0 Å². The van der Waals surface area contributed by atoms with E-state index >= 15 is 0 Å². The second-order valence-electron chi connectivity index (χ2n) is 5.12. The smallest absolute Gasteiger partial charge is 0.238 e. The van der Waals surface area contributed by atoms with Crippen molar-refractivity contribution in [2.75, 3.05) is 5.32 Å². The lowest BCUT2D eigenvalue weighted by atomic mass is 10.2. The van der Waals surface area contributed by atoms with E-state index < -0.39 is 0 Å². The minimum atomic E-state index is 0.500. The first-order valence-corrected chi connectivity index (χ1v) is 7.27. The molecule has 0 unspecified atom stereocenters. The van der Waals surface area contributed by atoms with Crippen LogP contribution >= 0.6 is 0 Å². The third-order valence-electron chi connectivity index (χ3n) is 3.29. The zero-order valence-corrected chi connectivity index (χ0v) is 12.5. The lowest BCUT2D eigenvalue weighted by molar-refractivity contribution is 0.295. The molecular weight excluding hydrogens is 272 g/mol. The van der Waals surface area contributed by atoms with Gasteiger partial charge in [-0.25, -0.2) is 4.98 Å². The van der Waals surface area contributed by atoms with E-state index in [0.29, 0.717) is 12.5 Å². The highest BCUT2D eigenvalue weighted by Gasteiger charge is 2.05. The maximum absolute atomic E-state index is 5.85.